The van der Waals surface area contributed by atoms with E-state index in [4.69, 9.17) is 5.11 Å². The minimum Gasteiger partial charge on any atom is -0.480 e. The predicted octanol–water partition coefficient (Wildman–Crippen LogP) is 0.890. The number of carbonyl (C=O) groups excluding carboxylic acids is 1. The van der Waals surface area contributed by atoms with Crippen molar-refractivity contribution in [2.24, 2.45) is 0 Å². The van der Waals surface area contributed by atoms with Crippen LogP contribution in [0.2, 0.25) is 0 Å². The van der Waals surface area contributed by atoms with E-state index < -0.39 is 18.1 Å². The van der Waals surface area contributed by atoms with Crippen molar-refractivity contribution < 1.29 is 19.8 Å². The van der Waals surface area contributed by atoms with Gasteiger partial charge in [-0.3, -0.25) is 0 Å². The molecule has 0 bridgehead atoms. The SMILES string of the molecule is CCSC1CCC(NC(=O)N2CC(O)CC2C(=O)O)C1. The predicted molar refractivity (Wildman–Crippen MR) is 76.8 cm³/mol. The van der Waals surface area contributed by atoms with Gasteiger partial charge in [-0.25, -0.2) is 9.59 Å². The highest BCUT2D eigenvalue weighted by atomic mass is 32.2. The summed E-state index contributed by atoms with van der Waals surface area (Å²) in [5, 5.41) is 22.1. The van der Waals surface area contributed by atoms with E-state index in [1.807, 2.05) is 11.8 Å². The normalized spacial score (nSPS) is 33.4. The molecule has 6 nitrogen and oxygen atoms in total. The number of amides is 2. The van der Waals surface area contributed by atoms with Crippen molar-refractivity contribution >= 4 is 23.8 Å². The standard InChI is InChI=1S/C13H22N2O4S/c1-2-20-10-4-3-8(5-10)14-13(19)15-7-9(16)6-11(15)12(17)18/h8-11,16H,2-7H2,1H3,(H,14,19)(H,17,18). The summed E-state index contributed by atoms with van der Waals surface area (Å²) in [7, 11) is 0. The van der Waals surface area contributed by atoms with Crippen molar-refractivity contribution in [1.29, 1.82) is 0 Å². The number of aliphatic hydroxyl groups excluding tert-OH is 1. The molecule has 0 aromatic carbocycles. The number of urea groups is 1. The first-order chi connectivity index (χ1) is 9.51. The molecule has 1 saturated carbocycles. The number of hydrogen-bond acceptors (Lipinski definition) is 4. The maximum Gasteiger partial charge on any atom is 0.326 e. The third-order valence-electron chi connectivity index (χ3n) is 3.94. The van der Waals surface area contributed by atoms with E-state index in [1.165, 1.54) is 4.90 Å². The quantitative estimate of drug-likeness (QED) is 0.717. The number of rotatable bonds is 4. The van der Waals surface area contributed by atoms with E-state index in [0.717, 1.165) is 25.0 Å². The molecular weight excluding hydrogens is 280 g/mol. The first-order valence-corrected chi connectivity index (χ1v) is 8.15. The Morgan fingerprint density at radius 2 is 2.10 bits per heavy atom. The highest BCUT2D eigenvalue weighted by molar-refractivity contribution is 7.99. The van der Waals surface area contributed by atoms with Gasteiger partial charge in [0.2, 0.25) is 0 Å². The fourth-order valence-corrected chi connectivity index (χ4v) is 4.13. The molecule has 2 amide bonds. The molecular formula is C13H22N2O4S. The molecule has 0 spiro atoms. The Morgan fingerprint density at radius 3 is 2.75 bits per heavy atom. The number of aliphatic hydroxyl groups is 1. The lowest BCUT2D eigenvalue weighted by molar-refractivity contribution is -0.141. The molecule has 114 valence electrons. The second-order valence-corrected chi connectivity index (χ2v) is 7.01. The van der Waals surface area contributed by atoms with E-state index >= 15 is 0 Å². The summed E-state index contributed by atoms with van der Waals surface area (Å²) in [4.78, 5) is 24.5. The molecule has 0 aromatic rings. The van der Waals surface area contributed by atoms with Gasteiger partial charge in [0, 0.05) is 24.3 Å². The highest BCUT2D eigenvalue weighted by Crippen LogP contribution is 2.30. The number of carbonyl (C=O) groups is 2. The van der Waals surface area contributed by atoms with E-state index in [0.29, 0.717) is 5.25 Å². The number of carboxylic acid groups (broad SMARTS) is 1. The van der Waals surface area contributed by atoms with Crippen LogP contribution in [0.5, 0.6) is 0 Å². The molecule has 7 heteroatoms. The molecule has 1 heterocycles. The molecule has 1 aliphatic heterocycles. The largest absolute Gasteiger partial charge is 0.480 e. The van der Waals surface area contributed by atoms with Crippen LogP contribution in [-0.2, 0) is 4.79 Å². The van der Waals surface area contributed by atoms with E-state index in [2.05, 4.69) is 12.2 Å². The number of likely N-dealkylation sites (tertiary alicyclic amines) is 1. The maximum absolute atomic E-state index is 12.2. The Hall–Kier alpha value is -0.950. The van der Waals surface area contributed by atoms with Crippen molar-refractivity contribution in [2.45, 2.75) is 56.0 Å². The molecule has 4 atom stereocenters. The third kappa shape index (κ3) is 3.58. The van der Waals surface area contributed by atoms with Gasteiger partial charge < -0.3 is 20.4 Å². The van der Waals surface area contributed by atoms with Crippen LogP contribution in [0.3, 0.4) is 0 Å². The van der Waals surface area contributed by atoms with Crippen LogP contribution in [0.1, 0.15) is 32.6 Å². The molecule has 2 fully saturated rings. The van der Waals surface area contributed by atoms with Crippen molar-refractivity contribution in [3.8, 4) is 0 Å². The summed E-state index contributed by atoms with van der Waals surface area (Å²) in [6, 6.07) is -1.15. The monoisotopic (exact) mass is 302 g/mol. The molecule has 0 radical (unpaired) electrons. The fourth-order valence-electron chi connectivity index (χ4n) is 2.99. The number of nitrogens with one attached hydrogen (secondary N) is 1. The van der Waals surface area contributed by atoms with Crippen LogP contribution in [0, 0.1) is 0 Å². The lowest BCUT2D eigenvalue weighted by Crippen LogP contribution is -2.48. The van der Waals surface area contributed by atoms with Crippen LogP contribution >= 0.6 is 11.8 Å². The number of aliphatic carboxylic acids is 1. The van der Waals surface area contributed by atoms with Crippen molar-refractivity contribution in [1.82, 2.24) is 10.2 Å². The van der Waals surface area contributed by atoms with Crippen LogP contribution in [0.4, 0.5) is 4.79 Å². The summed E-state index contributed by atoms with van der Waals surface area (Å²) >= 11 is 1.91. The van der Waals surface area contributed by atoms with E-state index in [1.54, 1.807) is 0 Å². The zero-order valence-corrected chi connectivity index (χ0v) is 12.4. The van der Waals surface area contributed by atoms with Gasteiger partial charge in [-0.15, -0.1) is 0 Å². The van der Waals surface area contributed by atoms with Crippen LogP contribution < -0.4 is 5.32 Å². The molecule has 1 aliphatic carbocycles. The zero-order chi connectivity index (χ0) is 14.7. The number of thioether (sulfide) groups is 1. The van der Waals surface area contributed by atoms with Gasteiger partial charge in [0.1, 0.15) is 6.04 Å². The first kappa shape index (κ1) is 15.4. The lowest BCUT2D eigenvalue weighted by Gasteiger charge is -2.24. The Balaban J connectivity index is 1.87. The molecule has 2 aliphatic rings. The second kappa shape index (κ2) is 6.67. The second-order valence-electron chi connectivity index (χ2n) is 5.43. The average molecular weight is 302 g/mol. The number of nitrogens with zero attached hydrogens (tertiary/aromatic N) is 1. The molecule has 0 aromatic heterocycles. The van der Waals surface area contributed by atoms with Gasteiger partial charge in [0.05, 0.1) is 6.10 Å². The molecule has 1 saturated heterocycles. The van der Waals surface area contributed by atoms with Crippen molar-refractivity contribution in [2.75, 3.05) is 12.3 Å². The van der Waals surface area contributed by atoms with Gasteiger partial charge in [-0.2, -0.15) is 11.8 Å². The van der Waals surface area contributed by atoms with Gasteiger partial charge >= 0.3 is 12.0 Å². The van der Waals surface area contributed by atoms with Gasteiger partial charge in [0.25, 0.3) is 0 Å². The summed E-state index contributed by atoms with van der Waals surface area (Å²) < 4.78 is 0. The topological polar surface area (TPSA) is 89.9 Å². The van der Waals surface area contributed by atoms with Crippen molar-refractivity contribution in [3.63, 3.8) is 0 Å². The number of hydrogen-bond donors (Lipinski definition) is 3. The smallest absolute Gasteiger partial charge is 0.326 e. The summed E-state index contributed by atoms with van der Waals surface area (Å²) in [5.41, 5.74) is 0. The average Bonchev–Trinajstić information content (AvgIpc) is 2.96. The number of β-amino-alcohol motifs (C(OH)–C–C–N with tert-alkyl or cyclic N) is 1. The minimum atomic E-state index is -1.05. The Morgan fingerprint density at radius 1 is 1.35 bits per heavy atom. The fraction of sp³-hybridized carbons (Fsp3) is 0.846. The summed E-state index contributed by atoms with van der Waals surface area (Å²) in [6.07, 6.45) is 2.35. The zero-order valence-electron chi connectivity index (χ0n) is 11.6. The molecule has 20 heavy (non-hydrogen) atoms. The number of carboxylic acids is 1. The van der Waals surface area contributed by atoms with Crippen LogP contribution in [-0.4, -0.2) is 62.8 Å². The van der Waals surface area contributed by atoms with E-state index in [-0.39, 0.29) is 25.0 Å². The third-order valence-corrected chi connectivity index (χ3v) is 5.17. The summed E-state index contributed by atoms with van der Waals surface area (Å²) in [5.74, 6) is 0.0209. The minimum absolute atomic E-state index is 0.0999. The highest BCUT2D eigenvalue weighted by Gasteiger charge is 2.40. The summed E-state index contributed by atoms with van der Waals surface area (Å²) in [6.45, 7) is 2.22. The molecule has 2 rings (SSSR count). The van der Waals surface area contributed by atoms with Crippen molar-refractivity contribution in [3.05, 3.63) is 0 Å². The van der Waals surface area contributed by atoms with E-state index in [9.17, 15) is 14.7 Å². The Labute approximate surface area is 122 Å². The Kier molecular flexibility index (Phi) is 5.15. The lowest BCUT2D eigenvalue weighted by atomic mass is 10.2. The Bertz CT molecular complexity index is 379. The van der Waals surface area contributed by atoms with Crippen LogP contribution in [0.15, 0.2) is 0 Å². The maximum atomic E-state index is 12.2. The van der Waals surface area contributed by atoms with Crippen LogP contribution in [0.25, 0.3) is 0 Å². The van der Waals surface area contributed by atoms with Gasteiger partial charge in [0.15, 0.2) is 0 Å². The molecule has 3 N–H and O–H groups in total. The van der Waals surface area contributed by atoms with Gasteiger partial charge in [-0.1, -0.05) is 6.92 Å². The van der Waals surface area contributed by atoms with Gasteiger partial charge in [-0.05, 0) is 25.0 Å². The first-order valence-electron chi connectivity index (χ1n) is 7.10. The molecule has 4 unspecified atom stereocenters.